The van der Waals surface area contributed by atoms with Crippen LogP contribution in [0.2, 0.25) is 5.02 Å². The molecule has 0 aromatic heterocycles. The Morgan fingerprint density at radius 3 is 1.08 bits per heavy atom. The summed E-state index contributed by atoms with van der Waals surface area (Å²) in [5.41, 5.74) is 4.38. The van der Waals surface area contributed by atoms with Gasteiger partial charge in [-0.25, -0.2) is 8.78 Å². The van der Waals surface area contributed by atoms with E-state index in [-0.39, 0.29) is 40.5 Å². The molecule has 638 valence electrons. The van der Waals surface area contributed by atoms with E-state index < -0.39 is 38.8 Å². The Morgan fingerprint density at radius 1 is 0.364 bits per heavy atom. The molecule has 0 saturated heterocycles. The fourth-order valence-electron chi connectivity index (χ4n) is 18.3. The lowest BCUT2D eigenvalue weighted by Gasteiger charge is -2.37. The molecule has 14 rings (SSSR count). The maximum absolute atomic E-state index is 13.2. The topological polar surface area (TPSA) is 233 Å². The predicted molar refractivity (Wildman–Crippen MR) is 473 cm³/mol. The minimum atomic E-state index is -0.666. The molecule has 7 fully saturated rings. The first-order valence-corrected chi connectivity index (χ1v) is 44.3. The first-order chi connectivity index (χ1) is 56.9. The summed E-state index contributed by atoms with van der Waals surface area (Å²) in [7, 11) is 10.8. The molecule has 7 saturated carbocycles. The molecule has 0 radical (unpaired) electrons. The van der Waals surface area contributed by atoms with Crippen LogP contribution in [0.25, 0.3) is 0 Å². The monoisotopic (exact) mass is 1700 g/mol. The number of ether oxygens (including phenoxy) is 1. The van der Waals surface area contributed by atoms with Crippen molar-refractivity contribution in [1.82, 2.24) is 37.2 Å². The van der Waals surface area contributed by atoms with Crippen molar-refractivity contribution in [2.24, 2.45) is 0 Å². The van der Waals surface area contributed by atoms with Gasteiger partial charge in [0.05, 0.1) is 7.11 Å². The molecule has 7 aliphatic carbocycles. The number of likely N-dealkylation sites (N-methyl/N-ethyl adjacent to an activating group) is 5. The summed E-state index contributed by atoms with van der Waals surface area (Å²) in [5, 5.41) is 32.8. The van der Waals surface area contributed by atoms with Crippen LogP contribution in [-0.2, 0) is 78.8 Å². The van der Waals surface area contributed by atoms with E-state index in [0.717, 1.165) is 216 Å². The number of methoxy groups -OCH3 is 1. The molecule has 0 bridgehead atoms. The summed E-state index contributed by atoms with van der Waals surface area (Å²) in [6.07, 6.45) is 28.0. The van der Waals surface area contributed by atoms with Gasteiger partial charge < -0.3 is 47.1 Å². The maximum Gasteiger partial charge on any atom is 0.157 e. The van der Waals surface area contributed by atoms with Gasteiger partial charge in [-0.15, -0.1) is 0 Å². The van der Waals surface area contributed by atoms with E-state index in [1.807, 2.05) is 112 Å². The smallest absolute Gasteiger partial charge is 0.157 e. The number of ketones is 7. The summed E-state index contributed by atoms with van der Waals surface area (Å²) < 4.78 is 32.4. The second-order valence-electron chi connectivity index (χ2n) is 32.2. The van der Waals surface area contributed by atoms with Crippen LogP contribution < -0.4 is 42.0 Å². The number of phenolic OH excluding ortho intramolecular Hbond substituents is 1. The number of carbonyl (C=O) groups is 7. The Hall–Kier alpha value is -7.82. The molecule has 0 aliphatic heterocycles. The molecule has 7 aliphatic rings. The molecule has 16 nitrogen and oxygen atoms in total. The molecule has 20 heteroatoms. The quantitative estimate of drug-likeness (QED) is 0.0354. The lowest BCUT2D eigenvalue weighted by Crippen LogP contribution is -2.51. The van der Waals surface area contributed by atoms with Crippen molar-refractivity contribution in [2.75, 3.05) is 55.4 Å². The summed E-state index contributed by atoms with van der Waals surface area (Å²) in [6, 6.07) is 51.6. The number of hydrogen-bond donors (Lipinski definition) is 8. The Labute approximate surface area is 714 Å². The van der Waals surface area contributed by atoms with Crippen molar-refractivity contribution >= 4 is 68.0 Å². The zero-order valence-corrected chi connectivity index (χ0v) is 73.6. The number of Topliss-reactive ketones (excluding diaryl/α,β-unsaturated/α-hetero) is 7. The number of rotatable bonds is 20. The molecule has 0 amide bonds. The molecule has 7 atom stereocenters. The molecule has 0 unspecified atom stereocenters. The van der Waals surface area contributed by atoms with Crippen molar-refractivity contribution < 1.29 is 52.2 Å². The van der Waals surface area contributed by atoms with Gasteiger partial charge in [-0.2, -0.15) is 0 Å². The van der Waals surface area contributed by atoms with Crippen LogP contribution >= 0.6 is 27.5 Å². The number of phenols is 1. The Kier molecular flexibility index (Phi) is 37.5. The van der Waals surface area contributed by atoms with Crippen molar-refractivity contribution in [3.8, 4) is 11.5 Å². The van der Waals surface area contributed by atoms with E-state index >= 15 is 0 Å². The van der Waals surface area contributed by atoms with Crippen LogP contribution in [0.5, 0.6) is 11.5 Å². The van der Waals surface area contributed by atoms with E-state index in [1.165, 1.54) is 29.8 Å². The van der Waals surface area contributed by atoms with Crippen LogP contribution in [-0.4, -0.2) is 101 Å². The van der Waals surface area contributed by atoms with E-state index in [1.54, 1.807) is 51.5 Å². The van der Waals surface area contributed by atoms with Gasteiger partial charge in [0.15, 0.2) is 40.5 Å². The van der Waals surface area contributed by atoms with Gasteiger partial charge in [-0.3, -0.25) is 33.6 Å². The molecule has 8 N–H and O–H groups in total. The second kappa shape index (κ2) is 46.3. The number of carbonyl (C=O) groups excluding carboxylic acids is 7. The Morgan fingerprint density at radius 2 is 0.703 bits per heavy atom. The van der Waals surface area contributed by atoms with Crippen LogP contribution in [0.1, 0.15) is 258 Å². The summed E-state index contributed by atoms with van der Waals surface area (Å²) in [4.78, 5) is 85.7. The third kappa shape index (κ3) is 23.1. The number of hydrogen-bond acceptors (Lipinski definition) is 16. The summed E-state index contributed by atoms with van der Waals surface area (Å²) >= 11 is 9.76. The highest BCUT2D eigenvalue weighted by molar-refractivity contribution is 9.10. The third-order valence-corrected chi connectivity index (χ3v) is 26.1. The highest BCUT2D eigenvalue weighted by atomic mass is 79.9. The molecule has 0 spiro atoms. The first-order valence-electron chi connectivity index (χ1n) is 43.2. The average Bonchev–Trinajstić information content (AvgIpc) is 0.730. The molecular formula is C98H129BrClF2N7O9. The lowest BCUT2D eigenvalue weighted by atomic mass is 9.75. The van der Waals surface area contributed by atoms with Crippen LogP contribution in [0.4, 0.5) is 8.78 Å². The molecule has 7 aromatic rings. The normalized spacial score (nSPS) is 25.0. The van der Waals surface area contributed by atoms with Gasteiger partial charge in [0.25, 0.3) is 0 Å². The van der Waals surface area contributed by atoms with Gasteiger partial charge in [-0.05, 0) is 269 Å². The zero-order chi connectivity index (χ0) is 85.4. The SMILES string of the molecule is CCCN[C@@]1(c2cccc(OC)c2)CCCCC1=O.CCCN[C@@]1(c2ccccc2Cl)CCCCC1=O.CCc1cccc([C@]2(NC)CCCCC2=O)c1.CN[C@@]1(c2ccc(F)cc2)CCCCC1=O.CN[C@@]1(c2ccc(O)cc2)CCCCC1=O.CN[C@@]1(c2cccc(Br)c2)CCCCC1=O.CN[C@@]1(c2cccc(F)c2)CCCCC1=O. The van der Waals surface area contributed by atoms with Gasteiger partial charge in [-0.1, -0.05) is 196 Å². The molecule has 118 heavy (non-hydrogen) atoms. The van der Waals surface area contributed by atoms with Crippen LogP contribution in [0.3, 0.4) is 0 Å². The second-order valence-corrected chi connectivity index (χ2v) is 33.5. The van der Waals surface area contributed by atoms with Crippen LogP contribution in [0, 0.1) is 11.6 Å². The number of benzene rings is 7. The zero-order valence-electron chi connectivity index (χ0n) is 71.2. The van der Waals surface area contributed by atoms with E-state index in [4.69, 9.17) is 16.3 Å². The number of aryl methyl sites for hydroxylation is 1. The lowest BCUT2D eigenvalue weighted by molar-refractivity contribution is -0.128. The predicted octanol–water partition coefficient (Wildman–Crippen LogP) is 19.2. The Balaban J connectivity index is 0.000000172. The van der Waals surface area contributed by atoms with Gasteiger partial charge in [0, 0.05) is 54.4 Å². The van der Waals surface area contributed by atoms with Gasteiger partial charge >= 0.3 is 0 Å². The average molecular weight is 1700 g/mol. The molecular weight excluding hydrogens is 1570 g/mol. The summed E-state index contributed by atoms with van der Waals surface area (Å²) in [6.45, 7) is 8.09. The van der Waals surface area contributed by atoms with E-state index in [0.29, 0.717) is 67.3 Å². The van der Waals surface area contributed by atoms with Gasteiger partial charge in [0.2, 0.25) is 0 Å². The largest absolute Gasteiger partial charge is 0.508 e. The van der Waals surface area contributed by atoms with Crippen molar-refractivity contribution in [2.45, 2.75) is 259 Å². The standard InChI is InChI=1S/C16H23NO2.C15H20ClNO.C15H21NO.C13H16BrNO.2C13H16FNO.C13H17NO2/c1-3-11-17-16(10-5-4-9-15(16)18)13-7-6-8-14(12-13)19-2;1-2-11-17-15(10-6-5-9-14(15)18)12-7-3-4-8-13(12)16;1-3-12-7-6-8-13(11-12)15(16-2)10-5-4-9-14(15)17;2*1-15-13(8-3-2-7-12(13)16)10-5-4-6-11(14)9-10;1-15-13(9-3-2-4-12(13)16)10-5-7-11(14)8-6-10;1-14-13(9-3-2-4-12(13)16)10-5-7-11(15)8-6-10/h6-8,12,17H,3-5,9-11H2,1-2H3;3-4,7-8,17H,2,5-6,9-11H2,1H3;6-8,11,16H,3-5,9-10H2,1-2H3;2*4-6,9,15H,2-3,7-8H2,1H3;5-8,15H,2-4,9H2,1H3;5-8,14-15H,2-4,9H2,1H3/t16-;2*15-;4*13-/m1111111/s1. The number of nitrogens with one attached hydrogen (secondary N) is 7. The fraction of sp³-hybridized carbons (Fsp3) is 0.500. The van der Waals surface area contributed by atoms with E-state index in [9.17, 15) is 47.4 Å². The molecule has 0 heterocycles. The third-order valence-electron chi connectivity index (χ3n) is 25.3. The first kappa shape index (κ1) is 95.6. The fourth-order valence-corrected chi connectivity index (χ4v) is 19.0. The van der Waals surface area contributed by atoms with Crippen molar-refractivity contribution in [1.29, 1.82) is 0 Å². The highest BCUT2D eigenvalue weighted by Crippen LogP contribution is 2.43. The minimum absolute atomic E-state index is 0.173. The summed E-state index contributed by atoms with van der Waals surface area (Å²) in [5.74, 6) is 2.41. The van der Waals surface area contributed by atoms with E-state index in [2.05, 4.69) is 98.2 Å². The Bertz CT molecular complexity index is 4280. The van der Waals surface area contributed by atoms with Gasteiger partial charge in [0.1, 0.15) is 61.9 Å². The molecule has 7 aromatic carbocycles. The van der Waals surface area contributed by atoms with Crippen LogP contribution in [0.15, 0.2) is 174 Å². The number of aromatic hydroxyl groups is 1. The highest BCUT2D eigenvalue weighted by Gasteiger charge is 2.47. The minimum Gasteiger partial charge on any atom is -0.508 e. The van der Waals surface area contributed by atoms with Crippen molar-refractivity contribution in [3.63, 3.8) is 0 Å². The maximum atomic E-state index is 13.2. The number of halogens is 4. The van der Waals surface area contributed by atoms with Crippen molar-refractivity contribution in [3.05, 3.63) is 235 Å².